The van der Waals surface area contributed by atoms with Crippen LogP contribution in [0.3, 0.4) is 0 Å². The van der Waals surface area contributed by atoms with Crippen molar-refractivity contribution in [2.24, 2.45) is 5.92 Å². The number of piperazine rings is 1. The number of hydrogen-bond acceptors (Lipinski definition) is 3. The van der Waals surface area contributed by atoms with Crippen molar-refractivity contribution in [3.8, 4) is 0 Å². The van der Waals surface area contributed by atoms with Crippen LogP contribution in [0, 0.1) is 5.92 Å². The number of rotatable bonds is 3. The number of carbonyl (C=O) groups excluding carboxylic acids is 1. The van der Waals surface area contributed by atoms with Crippen LogP contribution in [0.15, 0.2) is 30.3 Å². The lowest BCUT2D eigenvalue weighted by Crippen LogP contribution is -2.52. The third-order valence-electron chi connectivity index (χ3n) is 5.32. The summed E-state index contributed by atoms with van der Waals surface area (Å²) in [7, 11) is 2.14. The van der Waals surface area contributed by atoms with E-state index < -0.39 is 0 Å². The summed E-state index contributed by atoms with van der Waals surface area (Å²) in [4.78, 5) is 19.7. The van der Waals surface area contributed by atoms with Gasteiger partial charge in [0.2, 0.25) is 5.91 Å². The maximum atomic E-state index is 12.9. The molecule has 0 radical (unpaired) electrons. The SMILES string of the molecule is CC1CCN(CC(=O)N2CCN(C)CC2c2ccccc2)CC1. The van der Waals surface area contributed by atoms with Gasteiger partial charge in [-0.1, -0.05) is 37.3 Å². The predicted molar refractivity (Wildman–Crippen MR) is 93.2 cm³/mol. The van der Waals surface area contributed by atoms with Crippen LogP contribution in [0.25, 0.3) is 0 Å². The van der Waals surface area contributed by atoms with Crippen LogP contribution < -0.4 is 0 Å². The normalized spacial score (nSPS) is 24.8. The van der Waals surface area contributed by atoms with E-state index in [9.17, 15) is 4.79 Å². The van der Waals surface area contributed by atoms with Gasteiger partial charge in [0, 0.05) is 19.6 Å². The monoisotopic (exact) mass is 315 g/mol. The highest BCUT2D eigenvalue weighted by atomic mass is 16.2. The standard InChI is InChI=1S/C19H29N3O/c1-16-8-10-21(11-9-16)15-19(23)22-13-12-20(2)14-18(22)17-6-4-3-5-7-17/h3-7,16,18H,8-15H2,1-2H3. The van der Waals surface area contributed by atoms with Gasteiger partial charge in [0.1, 0.15) is 0 Å². The second-order valence-corrected chi connectivity index (χ2v) is 7.23. The molecule has 1 unspecified atom stereocenters. The van der Waals surface area contributed by atoms with E-state index in [1.54, 1.807) is 0 Å². The molecule has 2 aliphatic heterocycles. The second kappa shape index (κ2) is 7.45. The molecule has 0 saturated carbocycles. The van der Waals surface area contributed by atoms with E-state index in [2.05, 4.69) is 52.9 Å². The summed E-state index contributed by atoms with van der Waals surface area (Å²) >= 11 is 0. The molecule has 1 aromatic rings. The summed E-state index contributed by atoms with van der Waals surface area (Å²) in [5.41, 5.74) is 1.25. The van der Waals surface area contributed by atoms with Gasteiger partial charge < -0.3 is 9.80 Å². The Kier molecular flexibility index (Phi) is 5.34. The average molecular weight is 315 g/mol. The molecule has 4 heteroatoms. The molecule has 126 valence electrons. The molecule has 2 heterocycles. The topological polar surface area (TPSA) is 26.8 Å². The highest BCUT2D eigenvalue weighted by Crippen LogP contribution is 2.25. The lowest BCUT2D eigenvalue weighted by Gasteiger charge is -2.41. The first-order valence-electron chi connectivity index (χ1n) is 8.89. The summed E-state index contributed by atoms with van der Waals surface area (Å²) in [5, 5.41) is 0. The van der Waals surface area contributed by atoms with Crippen LogP contribution >= 0.6 is 0 Å². The van der Waals surface area contributed by atoms with E-state index in [-0.39, 0.29) is 6.04 Å². The maximum Gasteiger partial charge on any atom is 0.237 e. The molecule has 4 nitrogen and oxygen atoms in total. The summed E-state index contributed by atoms with van der Waals surface area (Å²) in [6, 6.07) is 10.7. The molecular formula is C19H29N3O. The van der Waals surface area contributed by atoms with Crippen molar-refractivity contribution in [1.29, 1.82) is 0 Å². The highest BCUT2D eigenvalue weighted by molar-refractivity contribution is 5.79. The summed E-state index contributed by atoms with van der Waals surface area (Å²) in [6.07, 6.45) is 2.44. The molecule has 2 fully saturated rings. The van der Waals surface area contributed by atoms with E-state index in [1.165, 1.54) is 18.4 Å². The van der Waals surface area contributed by atoms with Gasteiger partial charge in [-0.3, -0.25) is 9.69 Å². The van der Waals surface area contributed by atoms with Gasteiger partial charge in [-0.25, -0.2) is 0 Å². The zero-order valence-electron chi connectivity index (χ0n) is 14.4. The molecule has 0 N–H and O–H groups in total. The molecule has 1 atom stereocenters. The Morgan fingerprint density at radius 1 is 1.09 bits per heavy atom. The van der Waals surface area contributed by atoms with E-state index in [1.807, 2.05) is 6.07 Å². The lowest BCUT2D eigenvalue weighted by atomic mass is 9.99. The fourth-order valence-electron chi connectivity index (χ4n) is 3.68. The lowest BCUT2D eigenvalue weighted by molar-refractivity contribution is -0.137. The number of benzene rings is 1. The highest BCUT2D eigenvalue weighted by Gasteiger charge is 2.31. The Labute approximate surface area is 140 Å². The number of likely N-dealkylation sites (tertiary alicyclic amines) is 1. The molecule has 1 aromatic carbocycles. The Bertz CT molecular complexity index is 511. The van der Waals surface area contributed by atoms with Crippen LogP contribution in [0.5, 0.6) is 0 Å². The fourth-order valence-corrected chi connectivity index (χ4v) is 3.68. The molecule has 2 saturated heterocycles. The van der Waals surface area contributed by atoms with E-state index in [0.717, 1.165) is 38.6 Å². The molecule has 23 heavy (non-hydrogen) atoms. The van der Waals surface area contributed by atoms with E-state index in [4.69, 9.17) is 0 Å². The molecule has 0 aromatic heterocycles. The summed E-state index contributed by atoms with van der Waals surface area (Å²) in [5.74, 6) is 1.10. The molecule has 2 aliphatic rings. The number of nitrogens with zero attached hydrogens (tertiary/aromatic N) is 3. The van der Waals surface area contributed by atoms with Crippen LogP contribution in [0.1, 0.15) is 31.4 Å². The smallest absolute Gasteiger partial charge is 0.237 e. The minimum absolute atomic E-state index is 0.186. The average Bonchev–Trinajstić information content (AvgIpc) is 2.57. The Morgan fingerprint density at radius 2 is 1.78 bits per heavy atom. The maximum absolute atomic E-state index is 12.9. The van der Waals surface area contributed by atoms with Crippen LogP contribution in [0.2, 0.25) is 0 Å². The van der Waals surface area contributed by atoms with Crippen LogP contribution in [-0.2, 0) is 4.79 Å². The number of carbonyl (C=O) groups is 1. The van der Waals surface area contributed by atoms with Crippen LogP contribution in [-0.4, -0.2) is 66.9 Å². The quantitative estimate of drug-likeness (QED) is 0.856. The fraction of sp³-hybridized carbons (Fsp3) is 0.632. The van der Waals surface area contributed by atoms with Gasteiger partial charge in [-0.15, -0.1) is 0 Å². The van der Waals surface area contributed by atoms with Crippen molar-refractivity contribution in [2.45, 2.75) is 25.8 Å². The van der Waals surface area contributed by atoms with Crippen molar-refractivity contribution < 1.29 is 4.79 Å². The first-order valence-corrected chi connectivity index (χ1v) is 8.89. The first-order chi connectivity index (χ1) is 11.1. The summed E-state index contributed by atoms with van der Waals surface area (Å²) < 4.78 is 0. The van der Waals surface area contributed by atoms with Gasteiger partial charge >= 0.3 is 0 Å². The van der Waals surface area contributed by atoms with Crippen molar-refractivity contribution in [3.63, 3.8) is 0 Å². The van der Waals surface area contributed by atoms with Crippen molar-refractivity contribution in [3.05, 3.63) is 35.9 Å². The van der Waals surface area contributed by atoms with E-state index in [0.29, 0.717) is 12.5 Å². The van der Waals surface area contributed by atoms with Gasteiger partial charge in [-0.2, -0.15) is 0 Å². The number of likely N-dealkylation sites (N-methyl/N-ethyl adjacent to an activating group) is 1. The number of piperidine rings is 1. The molecule has 3 rings (SSSR count). The largest absolute Gasteiger partial charge is 0.332 e. The second-order valence-electron chi connectivity index (χ2n) is 7.23. The Morgan fingerprint density at radius 3 is 2.48 bits per heavy atom. The first kappa shape index (κ1) is 16.5. The van der Waals surface area contributed by atoms with Crippen molar-refractivity contribution in [1.82, 2.24) is 14.7 Å². The Hall–Kier alpha value is -1.39. The molecule has 0 bridgehead atoms. The third kappa shape index (κ3) is 4.12. The van der Waals surface area contributed by atoms with Gasteiger partial charge in [0.25, 0.3) is 0 Å². The van der Waals surface area contributed by atoms with E-state index >= 15 is 0 Å². The number of amides is 1. The molecule has 0 aliphatic carbocycles. The zero-order valence-corrected chi connectivity index (χ0v) is 14.4. The molecular weight excluding hydrogens is 286 g/mol. The molecule has 1 amide bonds. The van der Waals surface area contributed by atoms with Gasteiger partial charge in [0.05, 0.1) is 12.6 Å². The van der Waals surface area contributed by atoms with Crippen molar-refractivity contribution >= 4 is 5.91 Å². The Balaban J connectivity index is 1.67. The van der Waals surface area contributed by atoms with Crippen molar-refractivity contribution in [2.75, 3.05) is 46.3 Å². The van der Waals surface area contributed by atoms with Gasteiger partial charge in [-0.05, 0) is 44.5 Å². The van der Waals surface area contributed by atoms with Crippen LogP contribution in [0.4, 0.5) is 0 Å². The number of hydrogen-bond donors (Lipinski definition) is 0. The minimum Gasteiger partial charge on any atom is -0.332 e. The third-order valence-corrected chi connectivity index (χ3v) is 5.32. The molecule has 0 spiro atoms. The predicted octanol–water partition coefficient (Wildman–Crippen LogP) is 2.23. The summed E-state index contributed by atoms with van der Waals surface area (Å²) in [6.45, 7) is 7.75. The zero-order chi connectivity index (χ0) is 16.2. The minimum atomic E-state index is 0.186. The van der Waals surface area contributed by atoms with Gasteiger partial charge in [0.15, 0.2) is 0 Å².